The first-order chi connectivity index (χ1) is 8.36. The van der Waals surface area contributed by atoms with E-state index in [-0.39, 0.29) is 0 Å². The van der Waals surface area contributed by atoms with Crippen molar-refractivity contribution in [2.24, 2.45) is 11.8 Å². The third kappa shape index (κ3) is 4.18. The Morgan fingerprint density at radius 2 is 1.76 bits per heavy atom. The van der Waals surface area contributed by atoms with Gasteiger partial charge in [-0.15, -0.1) is 0 Å². The van der Waals surface area contributed by atoms with E-state index >= 15 is 0 Å². The van der Waals surface area contributed by atoms with Crippen molar-refractivity contribution in [3.63, 3.8) is 0 Å². The Morgan fingerprint density at radius 1 is 1.06 bits per heavy atom. The molecule has 2 rings (SSSR count). The maximum Gasteiger partial charge on any atom is -0.0279 e. The molecule has 1 aromatic carbocycles. The van der Waals surface area contributed by atoms with Crippen molar-refractivity contribution in [3.05, 3.63) is 35.9 Å². The lowest BCUT2D eigenvalue weighted by molar-refractivity contribution is 0.249. The number of hydrogen-bond donors (Lipinski definition) is 0. The molecule has 17 heavy (non-hydrogen) atoms. The fraction of sp³-hybridized carbons (Fsp3) is 0.647. The van der Waals surface area contributed by atoms with Gasteiger partial charge >= 0.3 is 0 Å². The zero-order valence-electron chi connectivity index (χ0n) is 11.2. The lowest BCUT2D eigenvalue weighted by atomic mass is 9.79. The second-order valence-corrected chi connectivity index (χ2v) is 5.75. The summed E-state index contributed by atoms with van der Waals surface area (Å²) in [7, 11) is 0. The van der Waals surface area contributed by atoms with Crippen LogP contribution in [0, 0.1) is 11.8 Å². The van der Waals surface area contributed by atoms with Gasteiger partial charge in [-0.1, -0.05) is 75.8 Å². The highest BCUT2D eigenvalue weighted by Crippen LogP contribution is 2.32. The topological polar surface area (TPSA) is 0 Å². The molecule has 0 N–H and O–H groups in total. The van der Waals surface area contributed by atoms with E-state index in [1.165, 1.54) is 56.9 Å². The van der Waals surface area contributed by atoms with Crippen molar-refractivity contribution in [2.75, 3.05) is 0 Å². The van der Waals surface area contributed by atoms with Crippen LogP contribution in [-0.2, 0) is 6.42 Å². The predicted octanol–water partition coefficient (Wildman–Crippen LogP) is 5.23. The molecule has 1 aliphatic carbocycles. The van der Waals surface area contributed by atoms with Crippen LogP contribution in [0.4, 0.5) is 0 Å². The average molecular weight is 230 g/mol. The maximum atomic E-state index is 2.47. The molecular formula is C17H26. The summed E-state index contributed by atoms with van der Waals surface area (Å²) in [6.45, 7) is 2.47. The summed E-state index contributed by atoms with van der Waals surface area (Å²) in [6, 6.07) is 10.9. The summed E-state index contributed by atoms with van der Waals surface area (Å²) in [5, 5.41) is 0. The summed E-state index contributed by atoms with van der Waals surface area (Å²) in [6.07, 6.45) is 11.5. The first-order valence-electron chi connectivity index (χ1n) is 7.40. The smallest absolute Gasteiger partial charge is 0.0279 e. The SMILES string of the molecule is CC(CCCc1ccccc1)C1CCCCC1. The van der Waals surface area contributed by atoms with Crippen molar-refractivity contribution in [1.82, 2.24) is 0 Å². The molecule has 0 heteroatoms. The fourth-order valence-corrected chi connectivity index (χ4v) is 3.21. The second kappa shape index (κ2) is 6.83. The van der Waals surface area contributed by atoms with Gasteiger partial charge in [-0.25, -0.2) is 0 Å². The summed E-state index contributed by atoms with van der Waals surface area (Å²) in [5.41, 5.74) is 1.50. The van der Waals surface area contributed by atoms with E-state index in [0.29, 0.717) is 0 Å². The lowest BCUT2D eigenvalue weighted by Gasteiger charge is -2.27. The van der Waals surface area contributed by atoms with Gasteiger partial charge in [0.05, 0.1) is 0 Å². The van der Waals surface area contributed by atoms with Crippen molar-refractivity contribution in [2.45, 2.75) is 58.3 Å². The summed E-state index contributed by atoms with van der Waals surface area (Å²) < 4.78 is 0. The second-order valence-electron chi connectivity index (χ2n) is 5.75. The number of aryl methyl sites for hydroxylation is 1. The van der Waals surface area contributed by atoms with Crippen LogP contribution in [-0.4, -0.2) is 0 Å². The molecule has 1 aromatic rings. The van der Waals surface area contributed by atoms with Crippen LogP contribution in [0.2, 0.25) is 0 Å². The van der Waals surface area contributed by atoms with Gasteiger partial charge in [-0.3, -0.25) is 0 Å². The molecular weight excluding hydrogens is 204 g/mol. The molecule has 0 amide bonds. The van der Waals surface area contributed by atoms with Gasteiger partial charge in [-0.05, 0) is 30.2 Å². The molecule has 0 heterocycles. The lowest BCUT2D eigenvalue weighted by Crippen LogP contribution is -2.15. The highest BCUT2D eigenvalue weighted by atomic mass is 14.2. The van der Waals surface area contributed by atoms with E-state index in [9.17, 15) is 0 Å². The molecule has 1 atom stereocenters. The standard InChI is InChI=1S/C17H26/c1-15(17-13-6-3-7-14-17)9-8-12-16-10-4-2-5-11-16/h2,4-5,10-11,15,17H,3,6-9,12-14H2,1H3. The van der Waals surface area contributed by atoms with E-state index in [1.54, 1.807) is 0 Å². The molecule has 1 unspecified atom stereocenters. The first kappa shape index (κ1) is 12.7. The third-order valence-electron chi connectivity index (χ3n) is 4.42. The zero-order chi connectivity index (χ0) is 11.9. The maximum absolute atomic E-state index is 2.47. The van der Waals surface area contributed by atoms with Gasteiger partial charge in [0.25, 0.3) is 0 Å². The van der Waals surface area contributed by atoms with Crippen LogP contribution in [0.5, 0.6) is 0 Å². The van der Waals surface area contributed by atoms with Crippen LogP contribution < -0.4 is 0 Å². The number of benzene rings is 1. The Labute approximate surface area is 106 Å². The quantitative estimate of drug-likeness (QED) is 0.650. The van der Waals surface area contributed by atoms with Gasteiger partial charge in [0.2, 0.25) is 0 Å². The van der Waals surface area contributed by atoms with E-state index in [1.807, 2.05) is 0 Å². The van der Waals surface area contributed by atoms with Crippen LogP contribution >= 0.6 is 0 Å². The number of hydrogen-bond acceptors (Lipinski definition) is 0. The minimum absolute atomic E-state index is 0.944. The van der Waals surface area contributed by atoms with Crippen molar-refractivity contribution in [3.8, 4) is 0 Å². The molecule has 1 saturated carbocycles. The Morgan fingerprint density at radius 3 is 2.47 bits per heavy atom. The molecule has 1 aliphatic rings. The fourth-order valence-electron chi connectivity index (χ4n) is 3.21. The largest absolute Gasteiger partial charge is 0.0622 e. The molecule has 0 saturated heterocycles. The van der Waals surface area contributed by atoms with Crippen LogP contribution in [0.15, 0.2) is 30.3 Å². The minimum atomic E-state index is 0.944. The van der Waals surface area contributed by atoms with Crippen LogP contribution in [0.25, 0.3) is 0 Å². The van der Waals surface area contributed by atoms with Crippen molar-refractivity contribution < 1.29 is 0 Å². The number of rotatable bonds is 5. The normalized spacial score (nSPS) is 19.1. The Balaban J connectivity index is 1.67. The highest BCUT2D eigenvalue weighted by molar-refractivity contribution is 5.14. The van der Waals surface area contributed by atoms with Crippen molar-refractivity contribution in [1.29, 1.82) is 0 Å². The molecule has 0 bridgehead atoms. The Kier molecular flexibility index (Phi) is 5.09. The van der Waals surface area contributed by atoms with Crippen LogP contribution in [0.1, 0.15) is 57.4 Å². The Bertz CT molecular complexity index is 295. The van der Waals surface area contributed by atoms with Gasteiger partial charge in [0, 0.05) is 0 Å². The predicted molar refractivity (Wildman–Crippen MR) is 75.1 cm³/mol. The van der Waals surface area contributed by atoms with E-state index in [0.717, 1.165) is 11.8 Å². The molecule has 0 aromatic heterocycles. The average Bonchev–Trinajstić information content (AvgIpc) is 2.41. The van der Waals surface area contributed by atoms with Gasteiger partial charge in [-0.2, -0.15) is 0 Å². The molecule has 0 spiro atoms. The third-order valence-corrected chi connectivity index (χ3v) is 4.42. The zero-order valence-corrected chi connectivity index (χ0v) is 11.2. The summed E-state index contributed by atoms with van der Waals surface area (Å²) in [4.78, 5) is 0. The van der Waals surface area contributed by atoms with Gasteiger partial charge in [0.15, 0.2) is 0 Å². The molecule has 0 aliphatic heterocycles. The highest BCUT2D eigenvalue weighted by Gasteiger charge is 2.19. The first-order valence-corrected chi connectivity index (χ1v) is 7.40. The molecule has 94 valence electrons. The van der Waals surface area contributed by atoms with Crippen LogP contribution in [0.3, 0.4) is 0 Å². The van der Waals surface area contributed by atoms with Gasteiger partial charge in [0.1, 0.15) is 0 Å². The molecule has 0 radical (unpaired) electrons. The van der Waals surface area contributed by atoms with E-state index in [4.69, 9.17) is 0 Å². The summed E-state index contributed by atoms with van der Waals surface area (Å²) >= 11 is 0. The minimum Gasteiger partial charge on any atom is -0.0622 e. The summed E-state index contributed by atoms with van der Waals surface area (Å²) in [5.74, 6) is 1.97. The monoisotopic (exact) mass is 230 g/mol. The van der Waals surface area contributed by atoms with Crippen molar-refractivity contribution >= 4 is 0 Å². The molecule has 0 nitrogen and oxygen atoms in total. The molecule has 1 fully saturated rings. The van der Waals surface area contributed by atoms with Gasteiger partial charge < -0.3 is 0 Å². The van der Waals surface area contributed by atoms with E-state index < -0.39 is 0 Å². The van der Waals surface area contributed by atoms with E-state index in [2.05, 4.69) is 37.3 Å². The Hall–Kier alpha value is -0.780.